The zero-order valence-corrected chi connectivity index (χ0v) is 19.4. The molecule has 9 heteroatoms. The molecule has 3 N–H and O–H groups in total. The van der Waals surface area contributed by atoms with Crippen LogP contribution in [0.4, 0.5) is 11.4 Å². The number of rotatable bonds is 7. The van der Waals surface area contributed by atoms with E-state index in [4.69, 9.17) is 4.74 Å². The molecule has 8 nitrogen and oxygen atoms in total. The quantitative estimate of drug-likeness (QED) is 0.490. The predicted octanol–water partition coefficient (Wildman–Crippen LogP) is 3.73. The average Bonchev–Trinajstić information content (AvgIpc) is 3.51. The number of benzene rings is 2. The van der Waals surface area contributed by atoms with Crippen LogP contribution in [0.2, 0.25) is 0 Å². The third kappa shape index (κ3) is 4.93. The first kappa shape index (κ1) is 22.6. The molecule has 0 atom stereocenters. The fourth-order valence-electron chi connectivity index (χ4n) is 3.75. The predicted molar refractivity (Wildman–Crippen MR) is 128 cm³/mol. The molecule has 1 saturated carbocycles. The lowest BCUT2D eigenvalue weighted by Gasteiger charge is -2.20. The van der Waals surface area contributed by atoms with E-state index in [0.717, 1.165) is 24.7 Å². The van der Waals surface area contributed by atoms with Gasteiger partial charge in [0.25, 0.3) is 11.5 Å². The lowest BCUT2D eigenvalue weighted by atomic mass is 9.92. The smallest absolute Gasteiger partial charge is 0.255 e. The Morgan fingerprint density at radius 3 is 2.39 bits per heavy atom. The number of aromatic amines is 1. The van der Waals surface area contributed by atoms with Crippen LogP contribution in [-0.2, 0) is 15.4 Å². The lowest BCUT2D eigenvalue weighted by molar-refractivity contribution is 0.102. The summed E-state index contributed by atoms with van der Waals surface area (Å²) in [5.74, 6) is 0.181. The third-order valence-electron chi connectivity index (χ3n) is 5.77. The van der Waals surface area contributed by atoms with Crippen LogP contribution in [0.3, 0.4) is 0 Å². The van der Waals surface area contributed by atoms with E-state index in [1.165, 1.54) is 24.3 Å². The van der Waals surface area contributed by atoms with Gasteiger partial charge in [0.15, 0.2) is 0 Å². The number of aromatic nitrogens is 1. The number of carbonyl (C=O) groups excluding carboxylic acids is 1. The monoisotopic (exact) mass is 467 g/mol. The van der Waals surface area contributed by atoms with Crippen molar-refractivity contribution < 1.29 is 17.9 Å². The number of hydrogen-bond acceptors (Lipinski definition) is 5. The topological polar surface area (TPSA) is 117 Å². The van der Waals surface area contributed by atoms with E-state index in [2.05, 4.69) is 21.9 Å². The molecule has 1 heterocycles. The van der Waals surface area contributed by atoms with Crippen molar-refractivity contribution in [2.24, 2.45) is 0 Å². The zero-order valence-electron chi connectivity index (χ0n) is 18.6. The molecule has 0 bridgehead atoms. The molecule has 1 fully saturated rings. The molecule has 0 radical (unpaired) electrons. The van der Waals surface area contributed by atoms with Crippen LogP contribution < -0.4 is 20.3 Å². The van der Waals surface area contributed by atoms with Gasteiger partial charge in [0.05, 0.1) is 19.1 Å². The summed E-state index contributed by atoms with van der Waals surface area (Å²) in [4.78, 5) is 28.1. The van der Waals surface area contributed by atoms with Gasteiger partial charge in [0.1, 0.15) is 5.75 Å². The van der Waals surface area contributed by atoms with Crippen LogP contribution >= 0.6 is 0 Å². The van der Waals surface area contributed by atoms with Crippen LogP contribution in [0.25, 0.3) is 11.1 Å². The molecule has 0 aliphatic heterocycles. The second-order valence-electron chi connectivity index (χ2n) is 8.48. The molecule has 1 amide bonds. The minimum atomic E-state index is -3.41. The highest BCUT2D eigenvalue weighted by atomic mass is 32.2. The van der Waals surface area contributed by atoms with Gasteiger partial charge in [-0.2, -0.15) is 0 Å². The highest BCUT2D eigenvalue weighted by Crippen LogP contribution is 2.53. The molecule has 0 spiro atoms. The zero-order chi connectivity index (χ0) is 23.8. The van der Waals surface area contributed by atoms with E-state index in [0.29, 0.717) is 33.8 Å². The largest absolute Gasteiger partial charge is 0.494 e. The number of nitrogens with one attached hydrogen (secondary N) is 3. The molecule has 2 aromatic carbocycles. The lowest BCUT2D eigenvalue weighted by Crippen LogP contribution is -2.16. The molecular formula is C24H25N3O5S. The summed E-state index contributed by atoms with van der Waals surface area (Å²) < 4.78 is 30.8. The van der Waals surface area contributed by atoms with E-state index in [1.54, 1.807) is 31.5 Å². The Hall–Kier alpha value is -3.59. The van der Waals surface area contributed by atoms with E-state index in [-0.39, 0.29) is 16.9 Å². The Balaban J connectivity index is 1.72. The van der Waals surface area contributed by atoms with Crippen molar-refractivity contribution >= 4 is 27.3 Å². The van der Waals surface area contributed by atoms with Crippen molar-refractivity contribution in [1.29, 1.82) is 0 Å². The van der Waals surface area contributed by atoms with Crippen molar-refractivity contribution in [3.05, 3.63) is 76.2 Å². The minimum absolute atomic E-state index is 0.0820. The van der Waals surface area contributed by atoms with Gasteiger partial charge in [-0.3, -0.25) is 14.3 Å². The molecule has 0 unspecified atom stereocenters. The van der Waals surface area contributed by atoms with Crippen molar-refractivity contribution in [1.82, 2.24) is 4.98 Å². The number of sulfonamides is 1. The summed E-state index contributed by atoms with van der Waals surface area (Å²) >= 11 is 0. The normalized spacial score (nSPS) is 14.4. The first-order valence-corrected chi connectivity index (χ1v) is 12.3. The van der Waals surface area contributed by atoms with E-state index in [9.17, 15) is 18.0 Å². The molecule has 1 aliphatic rings. The van der Waals surface area contributed by atoms with Crippen LogP contribution in [0.1, 0.15) is 35.7 Å². The van der Waals surface area contributed by atoms with Crippen molar-refractivity contribution in [3.63, 3.8) is 0 Å². The maximum Gasteiger partial charge on any atom is 0.255 e. The molecular weight excluding hydrogens is 442 g/mol. The molecule has 3 aromatic rings. The van der Waals surface area contributed by atoms with Gasteiger partial charge in [-0.25, -0.2) is 8.42 Å². The second-order valence-corrected chi connectivity index (χ2v) is 10.2. The highest BCUT2D eigenvalue weighted by molar-refractivity contribution is 7.92. The number of H-pyrrole nitrogens is 1. The number of pyridine rings is 1. The summed E-state index contributed by atoms with van der Waals surface area (Å²) in [7, 11) is -1.85. The van der Waals surface area contributed by atoms with Crippen LogP contribution in [0.5, 0.6) is 5.75 Å². The number of methoxy groups -OCH3 is 1. The molecule has 4 rings (SSSR count). The summed E-state index contributed by atoms with van der Waals surface area (Å²) in [6.07, 6.45) is 4.60. The summed E-state index contributed by atoms with van der Waals surface area (Å²) in [5, 5.41) is 2.90. The maximum absolute atomic E-state index is 13.0. The van der Waals surface area contributed by atoms with Crippen molar-refractivity contribution in [2.45, 2.75) is 25.2 Å². The number of carbonyl (C=O) groups is 1. The Kier molecular flexibility index (Phi) is 5.75. The van der Waals surface area contributed by atoms with Crippen LogP contribution in [0, 0.1) is 0 Å². The fraction of sp³-hybridized carbons (Fsp3) is 0.250. The molecule has 33 heavy (non-hydrogen) atoms. The standard InChI is InChI=1S/C24H25N3O5S/c1-24(10-11-24)19-13-16(18-5-4-12-25-23(18)29)14-20(21(19)32-2)26-22(28)15-6-8-17(9-7-15)27-33(3,30)31/h4-9,12-14,27H,10-11H2,1-3H3,(H,25,29)(H,26,28). The van der Waals surface area contributed by atoms with Gasteiger partial charge in [0, 0.05) is 28.6 Å². The second kappa shape index (κ2) is 8.40. The third-order valence-corrected chi connectivity index (χ3v) is 6.38. The first-order valence-electron chi connectivity index (χ1n) is 10.4. The summed E-state index contributed by atoms with van der Waals surface area (Å²) in [5.41, 5.74) is 2.99. The van der Waals surface area contributed by atoms with E-state index >= 15 is 0 Å². The Labute approximate surface area is 192 Å². The molecule has 1 aromatic heterocycles. The minimum Gasteiger partial charge on any atom is -0.494 e. The summed E-state index contributed by atoms with van der Waals surface area (Å²) in [6, 6.07) is 13.3. The van der Waals surface area contributed by atoms with Gasteiger partial charge in [-0.1, -0.05) is 6.92 Å². The molecule has 172 valence electrons. The SMILES string of the molecule is COc1c(NC(=O)c2ccc(NS(C)(=O)=O)cc2)cc(-c2ccc[nH]c2=O)cc1C1(C)CC1. The number of hydrogen-bond donors (Lipinski definition) is 3. The molecule has 1 aliphatic carbocycles. The Morgan fingerprint density at radius 1 is 1.12 bits per heavy atom. The van der Waals surface area contributed by atoms with Crippen molar-refractivity contribution in [3.8, 4) is 16.9 Å². The van der Waals surface area contributed by atoms with Gasteiger partial charge < -0.3 is 15.0 Å². The number of anilines is 2. The van der Waals surface area contributed by atoms with Crippen molar-refractivity contribution in [2.75, 3.05) is 23.4 Å². The fourth-order valence-corrected chi connectivity index (χ4v) is 4.31. The van der Waals surface area contributed by atoms with Gasteiger partial charge in [0.2, 0.25) is 10.0 Å². The Morgan fingerprint density at radius 2 is 1.82 bits per heavy atom. The highest BCUT2D eigenvalue weighted by Gasteiger charge is 2.42. The van der Waals surface area contributed by atoms with Gasteiger partial charge in [-0.05, 0) is 72.4 Å². The Bertz CT molecular complexity index is 1370. The van der Waals surface area contributed by atoms with Gasteiger partial charge in [-0.15, -0.1) is 0 Å². The number of amides is 1. The van der Waals surface area contributed by atoms with E-state index in [1.807, 2.05) is 6.07 Å². The van der Waals surface area contributed by atoms with Gasteiger partial charge >= 0.3 is 0 Å². The van der Waals surface area contributed by atoms with Crippen LogP contribution in [-0.4, -0.2) is 32.7 Å². The molecule has 0 saturated heterocycles. The number of ether oxygens (including phenoxy) is 1. The van der Waals surface area contributed by atoms with Crippen LogP contribution in [0.15, 0.2) is 59.5 Å². The van der Waals surface area contributed by atoms with E-state index < -0.39 is 10.0 Å². The summed E-state index contributed by atoms with van der Waals surface area (Å²) in [6.45, 7) is 2.13. The maximum atomic E-state index is 13.0. The first-order chi connectivity index (χ1) is 15.6. The average molecular weight is 468 g/mol.